The summed E-state index contributed by atoms with van der Waals surface area (Å²) in [5.74, 6) is -1.50. The van der Waals surface area contributed by atoms with Gasteiger partial charge >= 0.3 is 0 Å². The van der Waals surface area contributed by atoms with Gasteiger partial charge in [-0.25, -0.2) is 8.78 Å². The highest BCUT2D eigenvalue weighted by Gasteiger charge is 2.32. The summed E-state index contributed by atoms with van der Waals surface area (Å²) in [6.45, 7) is 0. The van der Waals surface area contributed by atoms with Crippen molar-refractivity contribution in [2.45, 2.75) is 32.1 Å². The van der Waals surface area contributed by atoms with Gasteiger partial charge in [0.05, 0.1) is 0 Å². The average Bonchev–Trinajstić information content (AvgIpc) is 2.73. The lowest BCUT2D eigenvalue weighted by Crippen LogP contribution is -2.21. The molecule has 1 aromatic rings. The summed E-state index contributed by atoms with van der Waals surface area (Å²) in [6, 6.07) is 4.25. The third-order valence-corrected chi connectivity index (χ3v) is 4.70. The maximum Gasteiger partial charge on any atom is 0.159 e. The Morgan fingerprint density at radius 2 is 1.81 bits per heavy atom. The van der Waals surface area contributed by atoms with E-state index in [1.165, 1.54) is 37.8 Å². The molecule has 88 valence electrons. The molecule has 1 saturated carbocycles. The van der Waals surface area contributed by atoms with Crippen LogP contribution in [0.4, 0.5) is 8.78 Å². The number of halogens is 3. The van der Waals surface area contributed by atoms with Crippen molar-refractivity contribution in [2.75, 3.05) is 5.33 Å². The lowest BCUT2D eigenvalue weighted by atomic mass is 9.82. The molecule has 0 bridgehead atoms. The summed E-state index contributed by atoms with van der Waals surface area (Å²) >= 11 is 3.56. The summed E-state index contributed by atoms with van der Waals surface area (Å²) < 4.78 is 25.9. The number of alkyl halides is 1. The van der Waals surface area contributed by atoms with Crippen molar-refractivity contribution in [1.29, 1.82) is 0 Å². The van der Waals surface area contributed by atoms with E-state index in [0.717, 1.165) is 17.3 Å². The molecule has 1 fully saturated rings. The van der Waals surface area contributed by atoms with Crippen molar-refractivity contribution in [3.63, 3.8) is 0 Å². The van der Waals surface area contributed by atoms with E-state index in [1.54, 1.807) is 6.07 Å². The van der Waals surface area contributed by atoms with Crippen LogP contribution in [0.1, 0.15) is 31.2 Å². The minimum Gasteiger partial charge on any atom is -0.204 e. The second-order valence-electron chi connectivity index (χ2n) is 4.77. The molecule has 2 rings (SSSR count). The van der Waals surface area contributed by atoms with Crippen molar-refractivity contribution in [1.82, 2.24) is 0 Å². The Morgan fingerprint density at radius 3 is 2.38 bits per heavy atom. The SMILES string of the molecule is Fc1ccc(CC2(CBr)CCCC2)cc1F. The molecule has 0 atom stereocenters. The normalized spacial score (nSPS) is 18.9. The number of benzene rings is 1. The predicted octanol–water partition coefficient (Wildman–Crippen LogP) is 4.46. The summed E-state index contributed by atoms with van der Waals surface area (Å²) in [6.07, 6.45) is 5.69. The van der Waals surface area contributed by atoms with Gasteiger partial charge in [-0.15, -0.1) is 0 Å². The van der Waals surface area contributed by atoms with E-state index in [9.17, 15) is 8.78 Å². The molecule has 1 aliphatic rings. The standard InChI is InChI=1S/C13H15BrF2/c14-9-13(5-1-2-6-13)8-10-3-4-11(15)12(16)7-10/h3-4,7H,1-2,5-6,8-9H2. The van der Waals surface area contributed by atoms with E-state index < -0.39 is 11.6 Å². The van der Waals surface area contributed by atoms with Crippen molar-refractivity contribution >= 4 is 15.9 Å². The topological polar surface area (TPSA) is 0 Å². The van der Waals surface area contributed by atoms with E-state index in [4.69, 9.17) is 0 Å². The van der Waals surface area contributed by atoms with Crippen LogP contribution in [0.25, 0.3) is 0 Å². The van der Waals surface area contributed by atoms with Gasteiger partial charge in [-0.2, -0.15) is 0 Å². The summed E-state index contributed by atoms with van der Waals surface area (Å²) in [5, 5.41) is 0.943. The van der Waals surface area contributed by atoms with Gasteiger partial charge in [0, 0.05) is 5.33 Å². The highest BCUT2D eigenvalue weighted by molar-refractivity contribution is 9.09. The third kappa shape index (κ3) is 2.45. The quantitative estimate of drug-likeness (QED) is 0.720. The van der Waals surface area contributed by atoms with Gasteiger partial charge in [0.2, 0.25) is 0 Å². The number of hydrogen-bond donors (Lipinski definition) is 0. The predicted molar refractivity (Wildman–Crippen MR) is 64.8 cm³/mol. The second-order valence-corrected chi connectivity index (χ2v) is 5.33. The van der Waals surface area contributed by atoms with Gasteiger partial charge in [-0.3, -0.25) is 0 Å². The Morgan fingerprint density at radius 1 is 1.12 bits per heavy atom. The molecule has 0 saturated heterocycles. The molecule has 1 aliphatic carbocycles. The highest BCUT2D eigenvalue weighted by Crippen LogP contribution is 2.42. The minimum absolute atomic E-state index is 0.254. The molecule has 0 radical (unpaired) electrons. The van der Waals surface area contributed by atoms with Crippen LogP contribution in [-0.4, -0.2) is 5.33 Å². The van der Waals surface area contributed by atoms with Gasteiger partial charge in [-0.1, -0.05) is 34.8 Å². The molecule has 0 amide bonds. The zero-order valence-electron chi connectivity index (χ0n) is 9.11. The maximum absolute atomic E-state index is 13.1. The molecular weight excluding hydrogens is 274 g/mol. The lowest BCUT2D eigenvalue weighted by Gasteiger charge is -2.26. The first-order valence-corrected chi connectivity index (χ1v) is 6.77. The van der Waals surface area contributed by atoms with Crippen LogP contribution in [0.3, 0.4) is 0 Å². The van der Waals surface area contributed by atoms with Crippen LogP contribution in [0.5, 0.6) is 0 Å². The summed E-state index contributed by atoms with van der Waals surface area (Å²) in [4.78, 5) is 0. The van der Waals surface area contributed by atoms with E-state index in [-0.39, 0.29) is 5.41 Å². The van der Waals surface area contributed by atoms with Gasteiger partial charge in [-0.05, 0) is 42.4 Å². The fourth-order valence-corrected chi connectivity index (χ4v) is 3.32. The van der Waals surface area contributed by atoms with Crippen LogP contribution in [0, 0.1) is 17.0 Å². The Balaban J connectivity index is 2.16. The molecule has 0 spiro atoms. The molecule has 1 aromatic carbocycles. The summed E-state index contributed by atoms with van der Waals surface area (Å²) in [5.41, 5.74) is 1.16. The smallest absolute Gasteiger partial charge is 0.159 e. The largest absolute Gasteiger partial charge is 0.204 e. The molecule has 0 heterocycles. The van der Waals surface area contributed by atoms with Crippen LogP contribution in [0.15, 0.2) is 18.2 Å². The Labute approximate surface area is 103 Å². The van der Waals surface area contributed by atoms with Crippen LogP contribution < -0.4 is 0 Å². The van der Waals surface area contributed by atoms with Crippen LogP contribution in [0.2, 0.25) is 0 Å². The Bertz CT molecular complexity index is 370. The molecular formula is C13H15BrF2. The molecule has 16 heavy (non-hydrogen) atoms. The van der Waals surface area contributed by atoms with Gasteiger partial charge in [0.15, 0.2) is 11.6 Å². The number of hydrogen-bond acceptors (Lipinski definition) is 0. The van der Waals surface area contributed by atoms with Gasteiger partial charge in [0.1, 0.15) is 0 Å². The molecule has 0 N–H and O–H groups in total. The zero-order chi connectivity index (χ0) is 11.6. The fraction of sp³-hybridized carbons (Fsp3) is 0.538. The summed E-state index contributed by atoms with van der Waals surface area (Å²) in [7, 11) is 0. The van der Waals surface area contributed by atoms with Crippen LogP contribution in [-0.2, 0) is 6.42 Å². The van der Waals surface area contributed by atoms with Gasteiger partial charge < -0.3 is 0 Å². The molecule has 0 aromatic heterocycles. The first kappa shape index (κ1) is 12.0. The first-order valence-electron chi connectivity index (χ1n) is 5.65. The number of rotatable bonds is 3. The fourth-order valence-electron chi connectivity index (χ4n) is 2.57. The third-order valence-electron chi connectivity index (χ3n) is 3.51. The second kappa shape index (κ2) is 4.82. The Hall–Kier alpha value is -0.440. The van der Waals surface area contributed by atoms with E-state index >= 15 is 0 Å². The first-order chi connectivity index (χ1) is 7.65. The molecule has 0 aliphatic heterocycles. The van der Waals surface area contributed by atoms with Crippen LogP contribution >= 0.6 is 15.9 Å². The molecule has 0 unspecified atom stereocenters. The van der Waals surface area contributed by atoms with Crippen molar-refractivity contribution in [2.24, 2.45) is 5.41 Å². The molecule has 3 heteroatoms. The highest BCUT2D eigenvalue weighted by atomic mass is 79.9. The van der Waals surface area contributed by atoms with E-state index in [2.05, 4.69) is 15.9 Å². The monoisotopic (exact) mass is 288 g/mol. The van der Waals surface area contributed by atoms with E-state index in [0.29, 0.717) is 0 Å². The van der Waals surface area contributed by atoms with Crippen molar-refractivity contribution in [3.05, 3.63) is 35.4 Å². The molecule has 0 nitrogen and oxygen atoms in total. The van der Waals surface area contributed by atoms with Gasteiger partial charge in [0.25, 0.3) is 0 Å². The zero-order valence-corrected chi connectivity index (χ0v) is 10.7. The Kier molecular flexibility index (Phi) is 3.63. The van der Waals surface area contributed by atoms with Crippen molar-refractivity contribution < 1.29 is 8.78 Å². The minimum atomic E-state index is -0.761. The average molecular weight is 289 g/mol. The lowest BCUT2D eigenvalue weighted by molar-refractivity contribution is 0.345. The van der Waals surface area contributed by atoms with E-state index in [1.807, 2.05) is 0 Å². The maximum atomic E-state index is 13.1. The van der Waals surface area contributed by atoms with Crippen molar-refractivity contribution in [3.8, 4) is 0 Å².